The van der Waals surface area contributed by atoms with Crippen LogP contribution in [0.1, 0.15) is 38.7 Å². The molecule has 32 heavy (non-hydrogen) atoms. The van der Waals surface area contributed by atoms with Gasteiger partial charge in [-0.05, 0) is 48.8 Å². The minimum absolute atomic E-state index is 0.0292. The van der Waals surface area contributed by atoms with E-state index in [1.54, 1.807) is 6.20 Å². The van der Waals surface area contributed by atoms with E-state index in [9.17, 15) is 9.59 Å². The Morgan fingerprint density at radius 3 is 2.81 bits per heavy atom. The summed E-state index contributed by atoms with van der Waals surface area (Å²) in [6.07, 6.45) is 6.18. The molecule has 0 radical (unpaired) electrons. The number of carbonyl (C=O) groups is 2. The molecule has 4 rings (SSSR count). The molecular formula is C26H33N3O3. The molecule has 1 N–H and O–H groups in total. The number of rotatable bonds is 7. The van der Waals surface area contributed by atoms with Crippen LogP contribution in [-0.4, -0.2) is 54.0 Å². The second-order valence-electron chi connectivity index (χ2n) is 9.47. The van der Waals surface area contributed by atoms with Gasteiger partial charge in [-0.25, -0.2) is 0 Å². The van der Waals surface area contributed by atoms with Crippen molar-refractivity contribution in [2.75, 3.05) is 26.2 Å². The maximum Gasteiger partial charge on any atom is 0.251 e. The predicted molar refractivity (Wildman–Crippen MR) is 124 cm³/mol. The molecule has 0 unspecified atom stereocenters. The quantitative estimate of drug-likeness (QED) is 0.723. The van der Waals surface area contributed by atoms with Crippen LogP contribution >= 0.6 is 0 Å². The lowest BCUT2D eigenvalue weighted by molar-refractivity contribution is -0.141. The van der Waals surface area contributed by atoms with E-state index >= 15 is 0 Å². The molecule has 2 aliphatic heterocycles. The van der Waals surface area contributed by atoms with Crippen molar-refractivity contribution < 1.29 is 14.3 Å². The van der Waals surface area contributed by atoms with Gasteiger partial charge in [0.15, 0.2) is 0 Å². The van der Waals surface area contributed by atoms with E-state index in [0.717, 1.165) is 29.5 Å². The Kier molecular flexibility index (Phi) is 6.89. The van der Waals surface area contributed by atoms with Gasteiger partial charge in [0.2, 0.25) is 5.91 Å². The summed E-state index contributed by atoms with van der Waals surface area (Å²) in [4.78, 5) is 32.7. The van der Waals surface area contributed by atoms with Crippen LogP contribution in [-0.2, 0) is 20.7 Å². The van der Waals surface area contributed by atoms with Crippen molar-refractivity contribution in [3.8, 4) is 11.1 Å². The van der Waals surface area contributed by atoms with Crippen LogP contribution in [0, 0.1) is 11.3 Å². The van der Waals surface area contributed by atoms with Crippen molar-refractivity contribution in [2.45, 2.75) is 45.6 Å². The summed E-state index contributed by atoms with van der Waals surface area (Å²) >= 11 is 0. The SMILES string of the molecule is CC(C)CNC(=O)[C@]1(Cc2ccccc2-c2cccnc2)CCN(C(=O)[C@H]2CCCO2)C1. The molecule has 2 amide bonds. The van der Waals surface area contributed by atoms with Crippen LogP contribution in [0.15, 0.2) is 48.8 Å². The minimum atomic E-state index is -0.651. The second-order valence-corrected chi connectivity index (χ2v) is 9.47. The Morgan fingerprint density at radius 2 is 2.09 bits per heavy atom. The third kappa shape index (κ3) is 4.85. The number of benzene rings is 1. The number of nitrogens with one attached hydrogen (secondary N) is 1. The molecule has 0 saturated carbocycles. The predicted octanol–water partition coefficient (Wildman–Crippen LogP) is 3.46. The third-order valence-corrected chi connectivity index (χ3v) is 6.54. The molecule has 3 heterocycles. The summed E-state index contributed by atoms with van der Waals surface area (Å²) in [6, 6.07) is 12.2. The number of likely N-dealkylation sites (tertiary alicyclic amines) is 1. The van der Waals surface area contributed by atoms with Crippen molar-refractivity contribution in [3.63, 3.8) is 0 Å². The zero-order valence-corrected chi connectivity index (χ0v) is 19.0. The molecule has 2 aliphatic rings. The average Bonchev–Trinajstić information content (AvgIpc) is 3.49. The minimum Gasteiger partial charge on any atom is -0.368 e. The first-order valence-electron chi connectivity index (χ1n) is 11.7. The van der Waals surface area contributed by atoms with Gasteiger partial charge >= 0.3 is 0 Å². The number of aromatic nitrogens is 1. The normalized spacial score (nSPS) is 23.0. The zero-order valence-electron chi connectivity index (χ0n) is 19.0. The van der Waals surface area contributed by atoms with Crippen molar-refractivity contribution in [1.29, 1.82) is 0 Å². The number of carbonyl (C=O) groups excluding carboxylic acids is 2. The van der Waals surface area contributed by atoms with Gasteiger partial charge in [0.05, 0.1) is 5.41 Å². The molecule has 2 atom stereocenters. The van der Waals surface area contributed by atoms with Gasteiger partial charge in [-0.1, -0.05) is 44.2 Å². The molecule has 0 bridgehead atoms. The zero-order chi connectivity index (χ0) is 22.6. The highest BCUT2D eigenvalue weighted by Gasteiger charge is 2.47. The second kappa shape index (κ2) is 9.82. The van der Waals surface area contributed by atoms with E-state index in [1.165, 1.54) is 0 Å². The fraction of sp³-hybridized carbons (Fsp3) is 0.500. The molecule has 6 heteroatoms. The topological polar surface area (TPSA) is 71.5 Å². The molecule has 2 aromatic rings. The summed E-state index contributed by atoms with van der Waals surface area (Å²) in [7, 11) is 0. The molecule has 2 saturated heterocycles. The summed E-state index contributed by atoms with van der Waals surface area (Å²) < 4.78 is 5.63. The lowest BCUT2D eigenvalue weighted by Gasteiger charge is -2.30. The Morgan fingerprint density at radius 1 is 1.25 bits per heavy atom. The van der Waals surface area contributed by atoms with Crippen molar-refractivity contribution >= 4 is 11.8 Å². The largest absolute Gasteiger partial charge is 0.368 e. The van der Waals surface area contributed by atoms with E-state index in [4.69, 9.17) is 4.74 Å². The third-order valence-electron chi connectivity index (χ3n) is 6.54. The van der Waals surface area contributed by atoms with Crippen molar-refractivity contribution in [3.05, 3.63) is 54.4 Å². The number of nitrogens with zero attached hydrogens (tertiary/aromatic N) is 2. The molecule has 6 nitrogen and oxygen atoms in total. The number of pyridine rings is 1. The Balaban J connectivity index is 1.61. The first-order chi connectivity index (χ1) is 15.5. The highest BCUT2D eigenvalue weighted by atomic mass is 16.5. The van der Waals surface area contributed by atoms with Gasteiger partial charge in [-0.15, -0.1) is 0 Å². The van der Waals surface area contributed by atoms with Gasteiger partial charge in [0, 0.05) is 44.2 Å². The lowest BCUT2D eigenvalue weighted by atomic mass is 9.78. The maximum absolute atomic E-state index is 13.5. The van der Waals surface area contributed by atoms with Gasteiger partial charge in [-0.2, -0.15) is 0 Å². The Hall–Kier alpha value is -2.73. The summed E-state index contributed by atoms with van der Waals surface area (Å²) in [5, 5.41) is 3.15. The van der Waals surface area contributed by atoms with Crippen LogP contribution in [0.4, 0.5) is 0 Å². The molecule has 170 valence electrons. The smallest absolute Gasteiger partial charge is 0.251 e. The van der Waals surface area contributed by atoms with Crippen molar-refractivity contribution in [2.24, 2.45) is 11.3 Å². The van der Waals surface area contributed by atoms with Gasteiger partial charge in [-0.3, -0.25) is 14.6 Å². The molecular weight excluding hydrogens is 402 g/mol. The van der Waals surface area contributed by atoms with Crippen LogP contribution in [0.25, 0.3) is 11.1 Å². The molecule has 0 spiro atoms. The Labute approximate surface area is 190 Å². The molecule has 1 aromatic heterocycles. The summed E-state index contributed by atoms with van der Waals surface area (Å²) in [6.45, 7) is 6.46. The fourth-order valence-corrected chi connectivity index (χ4v) is 4.77. The number of hydrogen-bond donors (Lipinski definition) is 1. The lowest BCUT2D eigenvalue weighted by Crippen LogP contribution is -2.47. The number of amides is 2. The first kappa shape index (κ1) is 22.5. The standard InChI is InChI=1S/C26H33N3O3/c1-19(2)16-28-25(31)26(11-13-29(18-26)24(30)23-10-6-14-32-23)15-20-7-3-4-9-22(20)21-8-5-12-27-17-21/h3-5,7-9,12,17,19,23H,6,10-11,13-16,18H2,1-2H3,(H,28,31)/t23-,26+/m1/s1. The first-order valence-corrected chi connectivity index (χ1v) is 11.7. The number of hydrogen-bond acceptors (Lipinski definition) is 4. The Bertz CT molecular complexity index is 940. The van der Waals surface area contributed by atoms with Crippen LogP contribution in [0.5, 0.6) is 0 Å². The highest BCUT2D eigenvalue weighted by molar-refractivity contribution is 5.87. The van der Waals surface area contributed by atoms with Gasteiger partial charge in [0.1, 0.15) is 6.10 Å². The molecule has 1 aromatic carbocycles. The monoisotopic (exact) mass is 435 g/mol. The van der Waals surface area contributed by atoms with Crippen LogP contribution < -0.4 is 5.32 Å². The van der Waals surface area contributed by atoms with Crippen LogP contribution in [0.3, 0.4) is 0 Å². The summed E-state index contributed by atoms with van der Waals surface area (Å²) in [5.41, 5.74) is 2.57. The van der Waals surface area contributed by atoms with E-state index in [2.05, 4.69) is 36.3 Å². The van der Waals surface area contributed by atoms with Gasteiger partial charge < -0.3 is 15.0 Å². The van der Waals surface area contributed by atoms with Crippen molar-refractivity contribution in [1.82, 2.24) is 15.2 Å². The van der Waals surface area contributed by atoms with E-state index in [1.807, 2.05) is 35.4 Å². The van der Waals surface area contributed by atoms with Crippen LogP contribution in [0.2, 0.25) is 0 Å². The maximum atomic E-state index is 13.5. The molecule has 2 fully saturated rings. The van der Waals surface area contributed by atoms with E-state index in [0.29, 0.717) is 45.0 Å². The molecule has 0 aliphatic carbocycles. The summed E-state index contributed by atoms with van der Waals surface area (Å²) in [5.74, 6) is 0.432. The van der Waals surface area contributed by atoms with E-state index < -0.39 is 5.41 Å². The number of ether oxygens (including phenoxy) is 1. The van der Waals surface area contributed by atoms with Gasteiger partial charge in [0.25, 0.3) is 5.91 Å². The fourth-order valence-electron chi connectivity index (χ4n) is 4.77. The average molecular weight is 436 g/mol. The highest BCUT2D eigenvalue weighted by Crippen LogP contribution is 2.38. The van der Waals surface area contributed by atoms with E-state index in [-0.39, 0.29) is 17.9 Å².